The van der Waals surface area contributed by atoms with Gasteiger partial charge in [0.1, 0.15) is 6.33 Å². The summed E-state index contributed by atoms with van der Waals surface area (Å²) in [5, 5.41) is 4.04. The number of hydrogen-bond donors (Lipinski definition) is 2. The molecule has 1 heterocycles. The van der Waals surface area contributed by atoms with Crippen LogP contribution in [0, 0.1) is 0 Å². The van der Waals surface area contributed by atoms with E-state index in [1.54, 1.807) is 6.33 Å². The van der Waals surface area contributed by atoms with Gasteiger partial charge >= 0.3 is 0 Å². The van der Waals surface area contributed by atoms with Gasteiger partial charge in [0.2, 0.25) is 5.13 Å². The number of anilines is 1. The molecule has 4 nitrogen and oxygen atoms in total. The van der Waals surface area contributed by atoms with Crippen LogP contribution >= 0.6 is 11.5 Å². The Kier molecular flexibility index (Phi) is 1.32. The number of nitrogens with zero attached hydrogens (tertiary/aromatic N) is 2. The molecule has 0 aromatic carbocycles. The van der Waals surface area contributed by atoms with Gasteiger partial charge in [-0.05, 0) is 6.42 Å². The summed E-state index contributed by atoms with van der Waals surface area (Å²) >= 11 is 1.37. The zero-order valence-electron chi connectivity index (χ0n) is 5.32. The van der Waals surface area contributed by atoms with Crippen molar-refractivity contribution in [1.29, 1.82) is 0 Å². The van der Waals surface area contributed by atoms with Crippen molar-refractivity contribution in [2.75, 3.05) is 5.32 Å². The first-order chi connectivity index (χ1) is 4.86. The third kappa shape index (κ3) is 1.10. The zero-order chi connectivity index (χ0) is 6.97. The Labute approximate surface area is 62.6 Å². The van der Waals surface area contributed by atoms with Crippen molar-refractivity contribution in [3.63, 3.8) is 0 Å². The van der Waals surface area contributed by atoms with E-state index in [2.05, 4.69) is 14.7 Å². The molecule has 0 amide bonds. The van der Waals surface area contributed by atoms with Gasteiger partial charge in [-0.3, -0.25) is 0 Å². The molecule has 0 radical (unpaired) electrons. The lowest BCUT2D eigenvalue weighted by molar-refractivity contribution is 1.00. The molecule has 2 rings (SSSR count). The molecule has 1 aliphatic rings. The zero-order valence-corrected chi connectivity index (χ0v) is 6.14. The number of hydrogen-bond acceptors (Lipinski definition) is 5. The summed E-state index contributed by atoms with van der Waals surface area (Å²) in [4.78, 5) is 3.97. The van der Waals surface area contributed by atoms with Gasteiger partial charge in [-0.15, -0.1) is 0 Å². The fraction of sp³-hybridized carbons (Fsp3) is 0.600. The number of nitrogens with two attached hydrogens (primary N) is 1. The molecule has 10 heavy (non-hydrogen) atoms. The van der Waals surface area contributed by atoms with Crippen LogP contribution in [0.5, 0.6) is 0 Å². The van der Waals surface area contributed by atoms with E-state index in [0.29, 0.717) is 12.1 Å². The third-order valence-corrected chi connectivity index (χ3v) is 2.11. The molecular weight excluding hydrogens is 148 g/mol. The first-order valence-electron chi connectivity index (χ1n) is 3.15. The Morgan fingerprint density at radius 3 is 3.10 bits per heavy atom. The number of nitrogens with one attached hydrogen (secondary N) is 1. The lowest BCUT2D eigenvalue weighted by Crippen LogP contribution is -2.12. The molecular formula is C5H8N4S. The topological polar surface area (TPSA) is 63.8 Å². The predicted octanol–water partition coefficient (Wildman–Crippen LogP) is 0.0496. The van der Waals surface area contributed by atoms with E-state index < -0.39 is 0 Å². The first-order valence-corrected chi connectivity index (χ1v) is 3.92. The standard InChI is InChI=1S/C5H8N4S/c6-3-1-4(3)9-5-7-2-8-10-5/h2-4H,1,6H2,(H,7,8,9). The van der Waals surface area contributed by atoms with Gasteiger partial charge in [0, 0.05) is 23.6 Å². The number of aromatic nitrogens is 2. The van der Waals surface area contributed by atoms with E-state index in [-0.39, 0.29) is 0 Å². The van der Waals surface area contributed by atoms with Gasteiger partial charge in [0.15, 0.2) is 0 Å². The highest BCUT2D eigenvalue weighted by molar-refractivity contribution is 7.09. The molecule has 5 heteroatoms. The SMILES string of the molecule is NC1CC1Nc1ncns1. The van der Waals surface area contributed by atoms with E-state index in [9.17, 15) is 0 Å². The monoisotopic (exact) mass is 156 g/mol. The molecule has 2 unspecified atom stereocenters. The van der Waals surface area contributed by atoms with Gasteiger partial charge < -0.3 is 11.1 Å². The molecule has 0 spiro atoms. The summed E-state index contributed by atoms with van der Waals surface area (Å²) in [6.45, 7) is 0. The van der Waals surface area contributed by atoms with Crippen LogP contribution in [0.1, 0.15) is 6.42 Å². The lowest BCUT2D eigenvalue weighted by Gasteiger charge is -1.95. The minimum absolute atomic E-state index is 0.323. The Morgan fingerprint density at radius 2 is 2.60 bits per heavy atom. The third-order valence-electron chi connectivity index (χ3n) is 1.51. The van der Waals surface area contributed by atoms with Gasteiger partial charge in [-0.25, -0.2) is 4.98 Å². The minimum Gasteiger partial charge on any atom is -0.356 e. The largest absolute Gasteiger partial charge is 0.356 e. The summed E-state index contributed by atoms with van der Waals surface area (Å²) in [7, 11) is 0. The van der Waals surface area contributed by atoms with E-state index in [1.165, 1.54) is 11.5 Å². The molecule has 1 saturated carbocycles. The maximum atomic E-state index is 5.58. The molecule has 0 bridgehead atoms. The quantitative estimate of drug-likeness (QED) is 0.635. The smallest absolute Gasteiger partial charge is 0.202 e. The van der Waals surface area contributed by atoms with Crippen molar-refractivity contribution in [2.24, 2.45) is 5.73 Å². The summed E-state index contributed by atoms with van der Waals surface area (Å²) in [6, 6.07) is 0.761. The van der Waals surface area contributed by atoms with Gasteiger partial charge in [-0.2, -0.15) is 4.37 Å². The van der Waals surface area contributed by atoms with Crippen LogP contribution in [0.25, 0.3) is 0 Å². The van der Waals surface area contributed by atoms with Crippen LogP contribution in [-0.4, -0.2) is 21.4 Å². The Morgan fingerprint density at radius 1 is 1.80 bits per heavy atom. The van der Waals surface area contributed by atoms with Crippen LogP contribution in [-0.2, 0) is 0 Å². The van der Waals surface area contributed by atoms with Crippen molar-refractivity contribution in [3.05, 3.63) is 6.33 Å². The van der Waals surface area contributed by atoms with E-state index in [4.69, 9.17) is 5.73 Å². The Bertz CT molecular complexity index is 209. The summed E-state index contributed by atoms with van der Waals surface area (Å²) in [5.41, 5.74) is 5.58. The minimum atomic E-state index is 0.323. The molecule has 3 N–H and O–H groups in total. The van der Waals surface area contributed by atoms with Crippen molar-refractivity contribution in [1.82, 2.24) is 9.36 Å². The second-order valence-corrected chi connectivity index (χ2v) is 3.18. The highest BCUT2D eigenvalue weighted by Crippen LogP contribution is 2.23. The molecule has 0 saturated heterocycles. The van der Waals surface area contributed by atoms with E-state index >= 15 is 0 Å². The average Bonchev–Trinajstić information content (AvgIpc) is 2.48. The molecule has 0 aliphatic heterocycles. The van der Waals surface area contributed by atoms with Crippen molar-refractivity contribution in [2.45, 2.75) is 18.5 Å². The van der Waals surface area contributed by atoms with Crippen LogP contribution in [0.2, 0.25) is 0 Å². The highest BCUT2D eigenvalue weighted by Gasteiger charge is 2.33. The fourth-order valence-electron chi connectivity index (χ4n) is 0.776. The van der Waals surface area contributed by atoms with E-state index in [0.717, 1.165) is 11.6 Å². The second-order valence-electron chi connectivity index (χ2n) is 2.40. The Hall–Kier alpha value is -0.680. The van der Waals surface area contributed by atoms with Crippen molar-refractivity contribution in [3.8, 4) is 0 Å². The molecule has 1 aliphatic carbocycles. The van der Waals surface area contributed by atoms with Crippen molar-refractivity contribution >= 4 is 16.7 Å². The maximum absolute atomic E-state index is 5.58. The first kappa shape index (κ1) is 6.06. The predicted molar refractivity (Wildman–Crippen MR) is 39.9 cm³/mol. The van der Waals surface area contributed by atoms with Gasteiger partial charge in [0.05, 0.1) is 0 Å². The van der Waals surface area contributed by atoms with Crippen LogP contribution in [0.15, 0.2) is 6.33 Å². The normalized spacial score (nSPS) is 30.1. The summed E-state index contributed by atoms with van der Waals surface area (Å²) < 4.78 is 3.86. The molecule has 1 aromatic heterocycles. The molecule has 1 fully saturated rings. The second kappa shape index (κ2) is 2.17. The highest BCUT2D eigenvalue weighted by atomic mass is 32.1. The number of rotatable bonds is 2. The lowest BCUT2D eigenvalue weighted by atomic mass is 10.7. The van der Waals surface area contributed by atoms with E-state index in [1.807, 2.05) is 0 Å². The van der Waals surface area contributed by atoms with Gasteiger partial charge in [0.25, 0.3) is 0 Å². The summed E-state index contributed by atoms with van der Waals surface area (Å²) in [5.74, 6) is 0. The van der Waals surface area contributed by atoms with Crippen LogP contribution < -0.4 is 11.1 Å². The van der Waals surface area contributed by atoms with Gasteiger partial charge in [-0.1, -0.05) is 0 Å². The Balaban J connectivity index is 1.93. The molecule has 1 aromatic rings. The molecule has 2 atom stereocenters. The fourth-order valence-corrected chi connectivity index (χ4v) is 1.27. The molecule has 54 valence electrons. The van der Waals surface area contributed by atoms with Crippen LogP contribution in [0.3, 0.4) is 0 Å². The van der Waals surface area contributed by atoms with Crippen LogP contribution in [0.4, 0.5) is 5.13 Å². The average molecular weight is 156 g/mol. The maximum Gasteiger partial charge on any atom is 0.202 e. The summed E-state index contributed by atoms with van der Waals surface area (Å²) in [6.07, 6.45) is 2.60. The van der Waals surface area contributed by atoms with Crippen molar-refractivity contribution < 1.29 is 0 Å².